The summed E-state index contributed by atoms with van der Waals surface area (Å²) >= 11 is 8.56. The summed E-state index contributed by atoms with van der Waals surface area (Å²) in [6, 6.07) is 18.4. The number of nitrogens with zero attached hydrogens (tertiary/aromatic N) is 3. The third kappa shape index (κ3) is 5.68. The van der Waals surface area contributed by atoms with Crippen LogP contribution >= 0.6 is 34.7 Å². The molecule has 0 spiro atoms. The molecule has 198 valence electrons. The Hall–Kier alpha value is -3.73. The lowest BCUT2D eigenvalue weighted by Gasteiger charge is -2.23. The van der Waals surface area contributed by atoms with E-state index >= 15 is 0 Å². The average molecular weight is 582 g/mol. The van der Waals surface area contributed by atoms with Crippen LogP contribution in [0.2, 0.25) is 5.02 Å². The summed E-state index contributed by atoms with van der Waals surface area (Å²) in [6.07, 6.45) is 0. The van der Waals surface area contributed by atoms with E-state index in [2.05, 4.69) is 10.2 Å². The Labute approximate surface area is 236 Å². The molecule has 5 rings (SSSR count). The molecule has 3 aromatic carbocycles. The highest BCUT2D eigenvalue weighted by Crippen LogP contribution is 2.44. The number of anilines is 1. The number of hydrogen-bond donors (Lipinski definition) is 1. The molecular formula is C28H21ClFN3O4S2. The smallest absolute Gasteiger partial charge is 0.301 e. The number of thioether (sulfide) groups is 1. The second kappa shape index (κ2) is 11.6. The van der Waals surface area contributed by atoms with Gasteiger partial charge in [0.2, 0.25) is 5.13 Å². The lowest BCUT2D eigenvalue weighted by atomic mass is 9.95. The second-order valence-electron chi connectivity index (χ2n) is 8.45. The van der Waals surface area contributed by atoms with Gasteiger partial charge < -0.3 is 9.84 Å². The number of Topliss-reactive ketones (excluding diaryl/α,β-unsaturated/α-hetero) is 1. The van der Waals surface area contributed by atoms with Crippen molar-refractivity contribution in [3.8, 4) is 5.75 Å². The topological polar surface area (TPSA) is 92.6 Å². The van der Waals surface area contributed by atoms with E-state index in [1.54, 1.807) is 36.4 Å². The molecule has 1 aromatic heterocycles. The fraction of sp³-hybridized carbons (Fsp3) is 0.143. The van der Waals surface area contributed by atoms with Crippen LogP contribution in [0, 0.1) is 5.82 Å². The summed E-state index contributed by atoms with van der Waals surface area (Å²) in [5.41, 5.74) is 1.64. The number of halogens is 2. The number of carbonyl (C=O) groups excluding carboxylic acids is 2. The van der Waals surface area contributed by atoms with Crippen molar-refractivity contribution < 1.29 is 23.8 Å². The number of rotatable bonds is 8. The van der Waals surface area contributed by atoms with Gasteiger partial charge in [-0.2, -0.15) is 0 Å². The van der Waals surface area contributed by atoms with Gasteiger partial charge in [-0.1, -0.05) is 59.0 Å². The van der Waals surface area contributed by atoms with E-state index in [9.17, 15) is 19.1 Å². The first kappa shape index (κ1) is 26.9. The van der Waals surface area contributed by atoms with Crippen LogP contribution in [0.3, 0.4) is 0 Å². The molecular weight excluding hydrogens is 561 g/mol. The number of aliphatic hydroxyl groups is 1. The molecule has 1 aliphatic heterocycles. The number of aliphatic hydroxyl groups excluding tert-OH is 1. The molecule has 39 heavy (non-hydrogen) atoms. The van der Waals surface area contributed by atoms with Gasteiger partial charge in [-0.15, -0.1) is 10.2 Å². The maximum absolute atomic E-state index is 13.5. The molecule has 1 atom stereocenters. The Bertz CT molecular complexity index is 1560. The standard InChI is InChI=1S/C28H21ClFN3O4S2/c1-2-37-21-5-3-4-18(14-21)23-22(24(34)17-8-12-20(30)13-9-17)25(35)26(36)33(23)27-31-32-28(39-27)38-15-16-6-10-19(29)11-7-16/h3-14,23,34H,2,15H2,1H3/b24-22+. The molecule has 1 saturated heterocycles. The van der Waals surface area contributed by atoms with Gasteiger partial charge in [-0.05, 0) is 66.6 Å². The molecule has 1 N–H and O–H groups in total. The van der Waals surface area contributed by atoms with Crippen LogP contribution in [-0.4, -0.2) is 33.6 Å². The molecule has 1 fully saturated rings. The number of ether oxygens (including phenoxy) is 1. The van der Waals surface area contributed by atoms with Gasteiger partial charge in [0, 0.05) is 16.3 Å². The van der Waals surface area contributed by atoms with Crippen molar-refractivity contribution in [1.29, 1.82) is 0 Å². The largest absolute Gasteiger partial charge is 0.507 e. The minimum absolute atomic E-state index is 0.133. The molecule has 1 amide bonds. The molecule has 0 radical (unpaired) electrons. The quantitative estimate of drug-likeness (QED) is 0.0819. The van der Waals surface area contributed by atoms with Crippen molar-refractivity contribution in [2.45, 2.75) is 23.1 Å². The van der Waals surface area contributed by atoms with Gasteiger partial charge in [-0.25, -0.2) is 4.39 Å². The maximum Gasteiger partial charge on any atom is 0.301 e. The minimum atomic E-state index is -1.00. The third-order valence-corrected chi connectivity index (χ3v) is 8.30. The van der Waals surface area contributed by atoms with Gasteiger partial charge >= 0.3 is 5.91 Å². The number of ketones is 1. The first-order valence-electron chi connectivity index (χ1n) is 11.9. The van der Waals surface area contributed by atoms with E-state index in [0.29, 0.717) is 33.0 Å². The average Bonchev–Trinajstić information content (AvgIpc) is 3.51. The number of carbonyl (C=O) groups is 2. The zero-order valence-corrected chi connectivity index (χ0v) is 22.9. The molecule has 1 aliphatic rings. The van der Waals surface area contributed by atoms with E-state index in [1.807, 2.05) is 19.1 Å². The van der Waals surface area contributed by atoms with Crippen molar-refractivity contribution in [3.63, 3.8) is 0 Å². The van der Waals surface area contributed by atoms with Gasteiger partial charge in [-0.3, -0.25) is 14.5 Å². The van der Waals surface area contributed by atoms with Gasteiger partial charge in [0.1, 0.15) is 17.3 Å². The summed E-state index contributed by atoms with van der Waals surface area (Å²) in [5, 5.41) is 20.5. The van der Waals surface area contributed by atoms with Crippen molar-refractivity contribution in [3.05, 3.63) is 106 Å². The highest BCUT2D eigenvalue weighted by molar-refractivity contribution is 8.00. The number of aromatic nitrogens is 2. The summed E-state index contributed by atoms with van der Waals surface area (Å²) in [5.74, 6) is -1.49. The second-order valence-corrected chi connectivity index (χ2v) is 11.1. The van der Waals surface area contributed by atoms with E-state index < -0.39 is 29.3 Å². The first-order chi connectivity index (χ1) is 18.9. The van der Waals surface area contributed by atoms with E-state index in [-0.39, 0.29) is 16.3 Å². The predicted molar refractivity (Wildman–Crippen MR) is 150 cm³/mol. The minimum Gasteiger partial charge on any atom is -0.507 e. The Balaban J connectivity index is 1.54. The molecule has 4 aromatic rings. The summed E-state index contributed by atoms with van der Waals surface area (Å²) < 4.78 is 19.8. The Kier molecular flexibility index (Phi) is 7.97. The number of benzene rings is 3. The fourth-order valence-corrected chi connectivity index (χ4v) is 6.08. The highest BCUT2D eigenvalue weighted by Gasteiger charge is 2.48. The Morgan fingerprint density at radius 1 is 1.10 bits per heavy atom. The molecule has 0 saturated carbocycles. The van der Waals surface area contributed by atoms with Crippen LogP contribution in [-0.2, 0) is 15.3 Å². The van der Waals surface area contributed by atoms with Crippen molar-refractivity contribution in [2.75, 3.05) is 11.5 Å². The molecule has 2 heterocycles. The van der Waals surface area contributed by atoms with Gasteiger partial charge in [0.15, 0.2) is 4.34 Å². The summed E-state index contributed by atoms with van der Waals surface area (Å²) in [6.45, 7) is 2.27. The van der Waals surface area contributed by atoms with Crippen molar-refractivity contribution in [1.82, 2.24) is 10.2 Å². The highest BCUT2D eigenvalue weighted by atomic mass is 35.5. The van der Waals surface area contributed by atoms with Crippen LogP contribution in [0.15, 0.2) is 82.7 Å². The lowest BCUT2D eigenvalue weighted by molar-refractivity contribution is -0.132. The Morgan fingerprint density at radius 2 is 1.85 bits per heavy atom. The van der Waals surface area contributed by atoms with E-state index in [4.69, 9.17) is 16.3 Å². The zero-order chi connectivity index (χ0) is 27.5. The van der Waals surface area contributed by atoms with Gasteiger partial charge in [0.05, 0.1) is 18.2 Å². The summed E-state index contributed by atoms with van der Waals surface area (Å²) in [7, 11) is 0. The molecule has 7 nitrogen and oxygen atoms in total. The van der Waals surface area contributed by atoms with Crippen LogP contribution in [0.1, 0.15) is 29.7 Å². The molecule has 1 unspecified atom stereocenters. The maximum atomic E-state index is 13.5. The fourth-order valence-electron chi connectivity index (χ4n) is 4.13. The molecule has 0 aliphatic carbocycles. The van der Waals surface area contributed by atoms with Gasteiger partial charge in [0.25, 0.3) is 5.78 Å². The lowest BCUT2D eigenvalue weighted by Crippen LogP contribution is -2.29. The van der Waals surface area contributed by atoms with Crippen LogP contribution in [0.5, 0.6) is 5.75 Å². The third-order valence-electron chi connectivity index (χ3n) is 5.92. The zero-order valence-electron chi connectivity index (χ0n) is 20.5. The van der Waals surface area contributed by atoms with Crippen LogP contribution in [0.25, 0.3) is 5.76 Å². The molecule has 0 bridgehead atoms. The predicted octanol–water partition coefficient (Wildman–Crippen LogP) is 6.65. The SMILES string of the molecule is CCOc1cccc(C2/C(=C(\O)c3ccc(F)cc3)C(=O)C(=O)N2c2nnc(SCc3ccc(Cl)cc3)s2)c1. The summed E-state index contributed by atoms with van der Waals surface area (Å²) in [4.78, 5) is 28.0. The van der Waals surface area contributed by atoms with E-state index in [0.717, 1.165) is 5.56 Å². The van der Waals surface area contributed by atoms with E-state index in [1.165, 1.54) is 52.3 Å². The monoisotopic (exact) mass is 581 g/mol. The Morgan fingerprint density at radius 3 is 2.56 bits per heavy atom. The number of amides is 1. The van der Waals surface area contributed by atoms with Crippen LogP contribution in [0.4, 0.5) is 9.52 Å². The van der Waals surface area contributed by atoms with Crippen LogP contribution < -0.4 is 9.64 Å². The first-order valence-corrected chi connectivity index (χ1v) is 14.0. The van der Waals surface area contributed by atoms with Crippen molar-refractivity contribution >= 4 is 57.3 Å². The normalized spacial score (nSPS) is 16.6. The van der Waals surface area contributed by atoms with Crippen molar-refractivity contribution in [2.24, 2.45) is 0 Å². The number of hydrogen-bond acceptors (Lipinski definition) is 8. The molecule has 11 heteroatoms.